The molecule has 0 spiro atoms. The minimum atomic E-state index is 0.492. The van der Waals surface area contributed by atoms with Crippen molar-refractivity contribution in [2.75, 3.05) is 24.5 Å². The molecular formula is C62H43N9. The number of anilines is 15. The van der Waals surface area contributed by atoms with E-state index >= 15 is 0 Å². The van der Waals surface area contributed by atoms with Crippen molar-refractivity contribution < 1.29 is 0 Å². The van der Waals surface area contributed by atoms with Crippen molar-refractivity contribution >= 4 is 85.8 Å². The third-order valence-electron chi connectivity index (χ3n) is 13.1. The summed E-state index contributed by atoms with van der Waals surface area (Å²) in [5.74, 6) is 1.89. The van der Waals surface area contributed by atoms with E-state index in [1.54, 1.807) is 0 Å². The van der Waals surface area contributed by atoms with E-state index in [1.807, 2.05) is 49.1 Å². The monoisotopic (exact) mass is 913 g/mol. The van der Waals surface area contributed by atoms with Crippen LogP contribution in [0.15, 0.2) is 261 Å². The third kappa shape index (κ3) is 7.36. The van der Waals surface area contributed by atoms with Crippen molar-refractivity contribution in [3.8, 4) is 22.3 Å². The maximum absolute atomic E-state index is 5.70. The number of aromatic nitrogens is 4. The van der Waals surface area contributed by atoms with Crippen LogP contribution in [-0.4, -0.2) is 19.9 Å². The van der Waals surface area contributed by atoms with Crippen LogP contribution in [0.3, 0.4) is 0 Å². The van der Waals surface area contributed by atoms with E-state index in [2.05, 4.69) is 247 Å². The Morgan fingerprint density at radius 1 is 0.268 bits per heavy atom. The average molecular weight is 914 g/mol. The lowest BCUT2D eigenvalue weighted by Crippen LogP contribution is -2.27. The molecule has 0 unspecified atom stereocenters. The van der Waals surface area contributed by atoms with Gasteiger partial charge in [0.15, 0.2) is 0 Å². The lowest BCUT2D eigenvalue weighted by molar-refractivity contribution is 1.03. The van der Waals surface area contributed by atoms with Crippen LogP contribution in [0.1, 0.15) is 0 Å². The van der Waals surface area contributed by atoms with Crippen LogP contribution in [0.25, 0.3) is 22.3 Å². The maximum atomic E-state index is 5.70. The molecule has 336 valence electrons. The van der Waals surface area contributed by atoms with Crippen LogP contribution in [0.5, 0.6) is 0 Å². The van der Waals surface area contributed by atoms with Crippen LogP contribution in [0.4, 0.5) is 85.8 Å². The van der Waals surface area contributed by atoms with Gasteiger partial charge in [-0.25, -0.2) is 0 Å². The molecule has 5 heterocycles. The Balaban J connectivity index is 1.07. The molecule has 0 atom stereocenters. The molecule has 13 rings (SSSR count). The van der Waals surface area contributed by atoms with E-state index in [9.17, 15) is 0 Å². The molecule has 9 nitrogen and oxygen atoms in total. The smallest absolute Gasteiger partial charge is 0.238 e. The molecule has 0 radical (unpaired) electrons. The van der Waals surface area contributed by atoms with Crippen molar-refractivity contribution in [2.45, 2.75) is 0 Å². The van der Waals surface area contributed by atoms with E-state index in [4.69, 9.17) is 9.97 Å². The van der Waals surface area contributed by atoms with Crippen molar-refractivity contribution in [3.05, 3.63) is 261 Å². The summed E-state index contributed by atoms with van der Waals surface area (Å²) in [6.07, 6.45) is 7.30. The number of pyridine rings is 2. The molecule has 0 bridgehead atoms. The first-order valence-electron chi connectivity index (χ1n) is 23.6. The Hall–Kier alpha value is -9.86. The summed E-state index contributed by atoms with van der Waals surface area (Å²) in [7, 11) is 0. The van der Waals surface area contributed by atoms with Crippen molar-refractivity contribution in [1.29, 1.82) is 0 Å². The highest BCUT2D eigenvalue weighted by Crippen LogP contribution is 2.57. The van der Waals surface area contributed by atoms with Gasteiger partial charge < -0.3 is 9.80 Å². The maximum Gasteiger partial charge on any atom is 0.238 e. The summed E-state index contributed by atoms with van der Waals surface area (Å²) in [6, 6.07) is 82.8. The van der Waals surface area contributed by atoms with Gasteiger partial charge in [0.2, 0.25) is 5.95 Å². The number of nitrogens with zero attached hydrogens (tertiary/aromatic N) is 9. The molecule has 8 aromatic carbocycles. The van der Waals surface area contributed by atoms with Gasteiger partial charge in [0, 0.05) is 53.6 Å². The zero-order chi connectivity index (χ0) is 47.1. The zero-order valence-electron chi connectivity index (χ0n) is 38.4. The standard InChI is InChI=1S/C62H43N9/c1-3-15-48(16-4-1)68-52-19-7-11-23-56(52)70(57-24-12-8-20-53(57)68)60-43-61(71-58-25-13-9-21-54(58)69(49-17-5-2-6-18-49)55-22-10-14-26-59(55)71)66-62(65-60)67(50-31-27-44(28-32-50)46-35-39-63-40-36-46)51-33-29-45(30-34-51)47-37-41-64-42-38-47/h1-43H. The fraction of sp³-hybridized carbons (Fsp3) is 0. The SMILES string of the molecule is c1ccc(N2c3ccccc3N(c3cc(N4c5ccccc5N(c5ccccc5)c5ccccc54)nc(N(c4ccc(-c5ccncc5)cc4)c4ccc(-c5ccncc5)cc4)n3)c3ccccc32)cc1. The highest BCUT2D eigenvalue weighted by Gasteiger charge is 2.35. The first kappa shape index (κ1) is 41.3. The molecule has 2 aliphatic rings. The lowest BCUT2D eigenvalue weighted by atomic mass is 10.0. The second kappa shape index (κ2) is 17.7. The zero-order valence-corrected chi connectivity index (χ0v) is 38.4. The molecule has 9 heteroatoms. The van der Waals surface area contributed by atoms with Crippen LogP contribution in [0, 0.1) is 0 Å². The van der Waals surface area contributed by atoms with Gasteiger partial charge in [-0.3, -0.25) is 24.7 Å². The lowest BCUT2D eigenvalue weighted by Gasteiger charge is -2.41. The van der Waals surface area contributed by atoms with Crippen LogP contribution >= 0.6 is 0 Å². The molecule has 0 saturated carbocycles. The van der Waals surface area contributed by atoms with E-state index < -0.39 is 0 Å². The van der Waals surface area contributed by atoms with Crippen LogP contribution in [0.2, 0.25) is 0 Å². The molecule has 0 fully saturated rings. The fourth-order valence-electron chi connectivity index (χ4n) is 9.91. The molecule has 2 aliphatic heterocycles. The van der Waals surface area contributed by atoms with Crippen molar-refractivity contribution in [3.63, 3.8) is 0 Å². The van der Waals surface area contributed by atoms with E-state index in [1.165, 1.54) is 0 Å². The molecule has 0 N–H and O–H groups in total. The van der Waals surface area contributed by atoms with Gasteiger partial charge in [-0.15, -0.1) is 0 Å². The Kier molecular flexibility index (Phi) is 10.3. The summed E-state index contributed by atoms with van der Waals surface area (Å²) in [4.78, 5) is 31.4. The molecule has 0 amide bonds. The second-order valence-electron chi connectivity index (χ2n) is 17.3. The summed E-state index contributed by atoms with van der Waals surface area (Å²) >= 11 is 0. The normalized spacial score (nSPS) is 12.4. The van der Waals surface area contributed by atoms with Gasteiger partial charge in [-0.2, -0.15) is 9.97 Å². The van der Waals surface area contributed by atoms with E-state index in [0.717, 1.165) is 90.5 Å². The van der Waals surface area contributed by atoms with E-state index in [-0.39, 0.29) is 0 Å². The minimum absolute atomic E-state index is 0.492. The number of hydrogen-bond acceptors (Lipinski definition) is 9. The first-order chi connectivity index (χ1) is 35.2. The van der Waals surface area contributed by atoms with Gasteiger partial charge in [0.05, 0.1) is 45.5 Å². The number of fused-ring (bicyclic) bond motifs is 4. The highest BCUT2D eigenvalue weighted by atomic mass is 15.4. The Morgan fingerprint density at radius 2 is 0.549 bits per heavy atom. The number of para-hydroxylation sites is 10. The molecule has 0 aliphatic carbocycles. The molecule has 11 aromatic rings. The number of hydrogen-bond donors (Lipinski definition) is 0. The summed E-state index contributed by atoms with van der Waals surface area (Å²) in [5, 5.41) is 0. The van der Waals surface area contributed by atoms with Crippen molar-refractivity contribution in [2.24, 2.45) is 0 Å². The second-order valence-corrected chi connectivity index (χ2v) is 17.3. The summed E-state index contributed by atoms with van der Waals surface area (Å²) < 4.78 is 0. The van der Waals surface area contributed by atoms with Gasteiger partial charge in [0.1, 0.15) is 11.6 Å². The Morgan fingerprint density at radius 3 is 0.873 bits per heavy atom. The largest absolute Gasteiger partial charge is 0.306 e. The fourth-order valence-corrected chi connectivity index (χ4v) is 9.91. The highest BCUT2D eigenvalue weighted by molar-refractivity contribution is 6.04. The molecular weight excluding hydrogens is 871 g/mol. The van der Waals surface area contributed by atoms with E-state index in [0.29, 0.717) is 17.6 Å². The predicted molar refractivity (Wildman–Crippen MR) is 289 cm³/mol. The Bertz CT molecular complexity index is 3330. The molecule has 3 aromatic heterocycles. The topological polar surface area (TPSA) is 67.8 Å². The quantitative estimate of drug-likeness (QED) is 0.141. The van der Waals surface area contributed by atoms with Crippen LogP contribution in [-0.2, 0) is 0 Å². The number of rotatable bonds is 9. The number of benzene rings is 8. The molecule has 0 saturated heterocycles. The van der Waals surface area contributed by atoms with Gasteiger partial charge in [-0.1, -0.05) is 109 Å². The first-order valence-corrected chi connectivity index (χ1v) is 23.6. The van der Waals surface area contributed by atoms with Crippen molar-refractivity contribution in [1.82, 2.24) is 19.9 Å². The molecule has 71 heavy (non-hydrogen) atoms. The van der Waals surface area contributed by atoms with Gasteiger partial charge >= 0.3 is 0 Å². The van der Waals surface area contributed by atoms with Gasteiger partial charge in [0.25, 0.3) is 0 Å². The third-order valence-corrected chi connectivity index (χ3v) is 13.1. The summed E-state index contributed by atoms with van der Waals surface area (Å²) in [5.41, 5.74) is 16.3. The minimum Gasteiger partial charge on any atom is -0.306 e. The van der Waals surface area contributed by atoms with Gasteiger partial charge in [-0.05, 0) is 144 Å². The predicted octanol–water partition coefficient (Wildman–Crippen LogP) is 16.6. The summed E-state index contributed by atoms with van der Waals surface area (Å²) in [6.45, 7) is 0. The Labute approximate surface area is 412 Å². The van der Waals surface area contributed by atoms with Crippen LogP contribution < -0.4 is 24.5 Å². The average Bonchev–Trinajstić information content (AvgIpc) is 3.45.